The van der Waals surface area contributed by atoms with Crippen molar-refractivity contribution in [1.82, 2.24) is 0 Å². The van der Waals surface area contributed by atoms with Crippen LogP contribution in [0.25, 0.3) is 0 Å². The highest BCUT2D eigenvalue weighted by Gasteiger charge is 2.27. The van der Waals surface area contributed by atoms with Gasteiger partial charge in [0.1, 0.15) is 0 Å². The fourth-order valence-corrected chi connectivity index (χ4v) is 2.68. The third-order valence-electron chi connectivity index (χ3n) is 3.76. The lowest BCUT2D eigenvalue weighted by Gasteiger charge is -2.28. The first kappa shape index (κ1) is 15.0. The zero-order valence-electron chi connectivity index (χ0n) is 12.7. The summed E-state index contributed by atoms with van der Waals surface area (Å²) < 4.78 is 0. The van der Waals surface area contributed by atoms with Crippen molar-refractivity contribution in [3.8, 4) is 0 Å². The summed E-state index contributed by atoms with van der Waals surface area (Å²) in [4.78, 5) is 37.3. The highest BCUT2D eigenvalue weighted by Crippen LogP contribution is 2.28. The minimum Gasteiger partial charge on any atom is -0.326 e. The smallest absolute Gasteiger partial charge is 0.258 e. The van der Waals surface area contributed by atoms with E-state index in [4.69, 9.17) is 0 Å². The lowest BCUT2D eigenvalue weighted by atomic mass is 9.99. The van der Waals surface area contributed by atoms with Crippen molar-refractivity contribution < 1.29 is 14.4 Å². The molecule has 2 aromatic rings. The van der Waals surface area contributed by atoms with Crippen LogP contribution in [-0.4, -0.2) is 24.1 Å². The highest BCUT2D eigenvalue weighted by atomic mass is 16.2. The van der Waals surface area contributed by atoms with Crippen LogP contribution in [0.5, 0.6) is 0 Å². The van der Waals surface area contributed by atoms with Crippen molar-refractivity contribution in [1.29, 1.82) is 0 Å². The number of Topliss-reactive ketones (excluding diaryl/α,β-unsaturated/α-hetero) is 1. The number of rotatable bonds is 2. The average Bonchev–Trinajstić information content (AvgIpc) is 2.55. The summed E-state index contributed by atoms with van der Waals surface area (Å²) in [5, 5.41) is 2.66. The molecule has 0 unspecified atom stereocenters. The van der Waals surface area contributed by atoms with E-state index in [-0.39, 0.29) is 17.6 Å². The summed E-state index contributed by atoms with van der Waals surface area (Å²) in [5.41, 5.74) is 2.40. The van der Waals surface area contributed by atoms with Crippen LogP contribution in [-0.2, 0) is 4.79 Å². The molecule has 0 aliphatic carbocycles. The molecule has 5 heteroatoms. The van der Waals surface area contributed by atoms with Gasteiger partial charge >= 0.3 is 0 Å². The second-order valence-electron chi connectivity index (χ2n) is 5.41. The third-order valence-corrected chi connectivity index (χ3v) is 3.76. The number of nitrogens with one attached hydrogen (secondary N) is 1. The number of carbonyl (C=O) groups excluding carboxylic acids is 3. The van der Waals surface area contributed by atoms with Gasteiger partial charge in [0.15, 0.2) is 5.78 Å². The molecular formula is C18H16N2O3. The summed E-state index contributed by atoms with van der Waals surface area (Å²) in [5.74, 6) is -0.252. The second-order valence-corrected chi connectivity index (χ2v) is 5.41. The fraction of sp³-hybridized carbons (Fsp3) is 0.167. The number of hydrogen-bond acceptors (Lipinski definition) is 3. The molecule has 0 fully saturated rings. The number of para-hydroxylation sites is 1. The molecule has 1 N–H and O–H groups in total. The van der Waals surface area contributed by atoms with Gasteiger partial charge in [0.05, 0.1) is 5.69 Å². The summed E-state index contributed by atoms with van der Waals surface area (Å²) in [6.07, 6.45) is 0.326. The Kier molecular flexibility index (Phi) is 3.93. The molecule has 0 bridgehead atoms. The van der Waals surface area contributed by atoms with Gasteiger partial charge in [0.2, 0.25) is 5.91 Å². The molecule has 0 radical (unpaired) electrons. The van der Waals surface area contributed by atoms with Crippen molar-refractivity contribution in [3.05, 3.63) is 59.7 Å². The topological polar surface area (TPSA) is 66.5 Å². The van der Waals surface area contributed by atoms with Gasteiger partial charge in [-0.3, -0.25) is 14.4 Å². The maximum absolute atomic E-state index is 12.7. The van der Waals surface area contributed by atoms with Gasteiger partial charge in [0, 0.05) is 36.7 Å². The monoisotopic (exact) mass is 308 g/mol. The molecule has 0 saturated heterocycles. The van der Waals surface area contributed by atoms with E-state index in [1.165, 1.54) is 6.92 Å². The predicted molar refractivity (Wildman–Crippen MR) is 87.8 cm³/mol. The van der Waals surface area contributed by atoms with Crippen molar-refractivity contribution >= 4 is 29.0 Å². The summed E-state index contributed by atoms with van der Waals surface area (Å²) >= 11 is 0. The average molecular weight is 308 g/mol. The minimum absolute atomic E-state index is 0.0608. The Labute approximate surface area is 133 Å². The molecule has 5 nitrogen and oxygen atoms in total. The lowest BCUT2D eigenvalue weighted by molar-refractivity contribution is -0.114. The van der Waals surface area contributed by atoms with E-state index in [9.17, 15) is 14.4 Å². The van der Waals surface area contributed by atoms with Crippen LogP contribution in [0.1, 0.15) is 34.1 Å². The Bertz CT molecular complexity index is 781. The molecule has 116 valence electrons. The van der Waals surface area contributed by atoms with Crippen LogP contribution in [0, 0.1) is 0 Å². The highest BCUT2D eigenvalue weighted by molar-refractivity contribution is 6.13. The Balaban J connectivity index is 1.88. The number of ketones is 1. The molecule has 0 aromatic heterocycles. The molecule has 1 aliphatic heterocycles. The number of anilines is 2. The lowest BCUT2D eigenvalue weighted by Crippen LogP contribution is -2.37. The van der Waals surface area contributed by atoms with Gasteiger partial charge < -0.3 is 10.2 Å². The molecule has 1 aliphatic rings. The fourth-order valence-electron chi connectivity index (χ4n) is 2.68. The molecule has 0 atom stereocenters. The van der Waals surface area contributed by atoms with Crippen LogP contribution in [0.2, 0.25) is 0 Å². The van der Waals surface area contributed by atoms with Crippen molar-refractivity contribution in [3.63, 3.8) is 0 Å². The van der Waals surface area contributed by atoms with Gasteiger partial charge in [-0.2, -0.15) is 0 Å². The van der Waals surface area contributed by atoms with Gasteiger partial charge in [-0.1, -0.05) is 12.1 Å². The van der Waals surface area contributed by atoms with E-state index in [1.54, 1.807) is 47.4 Å². The molecular weight excluding hydrogens is 292 g/mol. The Morgan fingerprint density at radius 1 is 1.04 bits per heavy atom. The van der Waals surface area contributed by atoms with Crippen molar-refractivity contribution in [2.24, 2.45) is 0 Å². The predicted octanol–water partition coefficient (Wildman–Crippen LogP) is 2.88. The SMILES string of the molecule is CC(=O)Nc1ccc(C(=O)N2CCC(=O)c3ccccc32)cc1. The number of hydrogen-bond donors (Lipinski definition) is 1. The molecule has 0 spiro atoms. The molecule has 3 rings (SSSR count). The van der Waals surface area contributed by atoms with Crippen LogP contribution in [0.3, 0.4) is 0 Å². The Hall–Kier alpha value is -2.95. The summed E-state index contributed by atoms with van der Waals surface area (Å²) in [6, 6.07) is 13.9. The number of amides is 2. The second kappa shape index (κ2) is 6.04. The normalized spacial score (nSPS) is 13.4. The zero-order valence-corrected chi connectivity index (χ0v) is 12.7. The van der Waals surface area contributed by atoms with E-state index in [1.807, 2.05) is 6.07 Å². The number of nitrogens with zero attached hydrogens (tertiary/aromatic N) is 1. The summed E-state index contributed by atoms with van der Waals surface area (Å²) in [7, 11) is 0. The number of fused-ring (bicyclic) bond motifs is 1. The third kappa shape index (κ3) is 2.99. The quantitative estimate of drug-likeness (QED) is 0.927. The molecule has 2 aromatic carbocycles. The van der Waals surface area contributed by atoms with Gasteiger partial charge in [-0.05, 0) is 36.4 Å². The molecule has 23 heavy (non-hydrogen) atoms. The maximum atomic E-state index is 12.7. The van der Waals surface area contributed by atoms with Gasteiger partial charge in [0.25, 0.3) is 5.91 Å². The zero-order chi connectivity index (χ0) is 16.4. The first-order valence-corrected chi connectivity index (χ1v) is 7.38. The van der Waals surface area contributed by atoms with Crippen LogP contribution in [0.4, 0.5) is 11.4 Å². The van der Waals surface area contributed by atoms with Crippen LogP contribution >= 0.6 is 0 Å². The van der Waals surface area contributed by atoms with E-state index in [0.29, 0.717) is 35.5 Å². The Morgan fingerprint density at radius 3 is 2.43 bits per heavy atom. The van der Waals surface area contributed by atoms with Gasteiger partial charge in [-0.25, -0.2) is 0 Å². The number of benzene rings is 2. The van der Waals surface area contributed by atoms with Crippen LogP contribution < -0.4 is 10.2 Å². The van der Waals surface area contributed by atoms with E-state index in [2.05, 4.69) is 5.32 Å². The first-order valence-electron chi connectivity index (χ1n) is 7.38. The number of carbonyl (C=O) groups is 3. The molecule has 0 saturated carbocycles. The molecule has 1 heterocycles. The van der Waals surface area contributed by atoms with E-state index < -0.39 is 0 Å². The van der Waals surface area contributed by atoms with E-state index >= 15 is 0 Å². The van der Waals surface area contributed by atoms with E-state index in [0.717, 1.165) is 0 Å². The molecule has 2 amide bonds. The standard InChI is InChI=1S/C18H16N2O3/c1-12(21)19-14-8-6-13(7-9-14)18(23)20-11-10-17(22)15-4-2-3-5-16(15)20/h2-9H,10-11H2,1H3,(H,19,21). The Morgan fingerprint density at radius 2 is 1.74 bits per heavy atom. The maximum Gasteiger partial charge on any atom is 0.258 e. The minimum atomic E-state index is -0.160. The van der Waals surface area contributed by atoms with Crippen molar-refractivity contribution in [2.75, 3.05) is 16.8 Å². The largest absolute Gasteiger partial charge is 0.326 e. The van der Waals surface area contributed by atoms with Crippen LogP contribution in [0.15, 0.2) is 48.5 Å². The van der Waals surface area contributed by atoms with Crippen molar-refractivity contribution in [2.45, 2.75) is 13.3 Å². The summed E-state index contributed by atoms with van der Waals surface area (Å²) in [6.45, 7) is 1.81. The first-order chi connectivity index (χ1) is 11.1. The van der Waals surface area contributed by atoms with Gasteiger partial charge in [-0.15, -0.1) is 0 Å².